The highest BCUT2D eigenvalue weighted by atomic mass is 16.5. The number of aryl methyl sites for hydroxylation is 2. The molecule has 0 unspecified atom stereocenters. The van der Waals surface area contributed by atoms with Crippen molar-refractivity contribution in [3.8, 4) is 11.5 Å². The first-order valence-electron chi connectivity index (χ1n) is 7.25. The lowest BCUT2D eigenvalue weighted by Gasteiger charge is -2.13. The van der Waals surface area contributed by atoms with Crippen LogP contribution in [0.2, 0.25) is 0 Å². The average Bonchev–Trinajstić information content (AvgIpc) is 2.49. The van der Waals surface area contributed by atoms with Crippen molar-refractivity contribution in [1.29, 1.82) is 0 Å². The number of hydrogen-bond acceptors (Lipinski definition) is 5. The Labute approximate surface area is 125 Å². The van der Waals surface area contributed by atoms with Crippen molar-refractivity contribution in [3.63, 3.8) is 0 Å². The summed E-state index contributed by atoms with van der Waals surface area (Å²) in [5, 5.41) is 0. The Bertz CT molecular complexity index is 626. The van der Waals surface area contributed by atoms with E-state index in [1.165, 1.54) is 0 Å². The fraction of sp³-hybridized carbons (Fsp3) is 0.438. The molecule has 5 nitrogen and oxygen atoms in total. The molecule has 5 heteroatoms. The van der Waals surface area contributed by atoms with Gasteiger partial charge in [-0.3, -0.25) is 4.98 Å². The van der Waals surface area contributed by atoms with E-state index in [1.54, 1.807) is 6.20 Å². The Morgan fingerprint density at radius 2 is 1.90 bits per heavy atom. The van der Waals surface area contributed by atoms with Crippen LogP contribution in [0.25, 0.3) is 0 Å². The Hall–Kier alpha value is -2.01. The third-order valence-corrected chi connectivity index (χ3v) is 3.18. The molecule has 0 saturated heterocycles. The van der Waals surface area contributed by atoms with Gasteiger partial charge in [-0.2, -0.15) is 0 Å². The summed E-state index contributed by atoms with van der Waals surface area (Å²) in [5.41, 5.74) is 8.40. The molecule has 0 saturated carbocycles. The zero-order valence-electron chi connectivity index (χ0n) is 13.1. The van der Waals surface area contributed by atoms with Gasteiger partial charge in [0, 0.05) is 18.2 Å². The molecule has 0 aliphatic carbocycles. The molecule has 0 amide bonds. The van der Waals surface area contributed by atoms with Crippen molar-refractivity contribution < 1.29 is 4.74 Å². The monoisotopic (exact) mass is 286 g/mol. The molecular formula is C16H22N4O. The summed E-state index contributed by atoms with van der Waals surface area (Å²) in [6.45, 7) is 8.44. The van der Waals surface area contributed by atoms with Gasteiger partial charge in [-0.1, -0.05) is 20.8 Å². The Morgan fingerprint density at radius 1 is 1.14 bits per heavy atom. The Kier molecular flexibility index (Phi) is 4.85. The van der Waals surface area contributed by atoms with Gasteiger partial charge in [-0.15, -0.1) is 0 Å². The second-order valence-electron chi connectivity index (χ2n) is 5.25. The second-order valence-corrected chi connectivity index (χ2v) is 5.25. The molecular weight excluding hydrogens is 264 g/mol. The van der Waals surface area contributed by atoms with Crippen LogP contribution in [0.4, 0.5) is 0 Å². The number of rotatable bonds is 5. The van der Waals surface area contributed by atoms with Crippen LogP contribution in [0.1, 0.15) is 49.6 Å². The maximum Gasteiger partial charge on any atom is 0.168 e. The molecule has 2 aromatic heterocycles. The highest BCUT2D eigenvalue weighted by molar-refractivity contribution is 5.36. The number of hydrogen-bond donors (Lipinski definition) is 1. The van der Waals surface area contributed by atoms with Crippen molar-refractivity contribution in [2.75, 3.05) is 0 Å². The molecule has 0 aromatic carbocycles. The first kappa shape index (κ1) is 15.4. The molecule has 0 aliphatic heterocycles. The predicted octanol–water partition coefficient (Wildman–Crippen LogP) is 3.12. The molecule has 0 radical (unpaired) electrons. The van der Waals surface area contributed by atoms with E-state index in [0.717, 1.165) is 35.1 Å². The maximum atomic E-state index is 5.94. The fourth-order valence-corrected chi connectivity index (χ4v) is 1.99. The largest absolute Gasteiger partial charge is 0.452 e. The van der Waals surface area contributed by atoms with Gasteiger partial charge in [0.15, 0.2) is 5.75 Å². The molecule has 0 fully saturated rings. The normalized spacial score (nSPS) is 11.0. The zero-order valence-corrected chi connectivity index (χ0v) is 13.1. The molecule has 2 aromatic rings. The number of pyridine rings is 1. The van der Waals surface area contributed by atoms with E-state index in [2.05, 4.69) is 35.7 Å². The van der Waals surface area contributed by atoms with Crippen LogP contribution in [-0.2, 0) is 13.0 Å². The quantitative estimate of drug-likeness (QED) is 0.914. The predicted molar refractivity (Wildman–Crippen MR) is 82.4 cm³/mol. The summed E-state index contributed by atoms with van der Waals surface area (Å²) in [7, 11) is 0. The van der Waals surface area contributed by atoms with E-state index in [0.29, 0.717) is 12.3 Å². The summed E-state index contributed by atoms with van der Waals surface area (Å²) in [4.78, 5) is 13.3. The number of nitrogens with two attached hydrogens (primary N) is 1. The molecule has 0 atom stereocenters. The molecule has 2 rings (SSSR count). The van der Waals surface area contributed by atoms with Gasteiger partial charge in [0.1, 0.15) is 17.3 Å². The average molecular weight is 286 g/mol. The minimum Gasteiger partial charge on any atom is -0.452 e. The highest BCUT2D eigenvalue weighted by Crippen LogP contribution is 2.27. The number of nitrogens with zero attached hydrogens (tertiary/aromatic N) is 3. The molecule has 0 bridgehead atoms. The highest BCUT2D eigenvalue weighted by Gasteiger charge is 2.12. The van der Waals surface area contributed by atoms with E-state index in [4.69, 9.17) is 10.5 Å². The van der Waals surface area contributed by atoms with Gasteiger partial charge in [0.05, 0.1) is 11.9 Å². The van der Waals surface area contributed by atoms with Crippen molar-refractivity contribution in [2.45, 2.75) is 46.6 Å². The van der Waals surface area contributed by atoms with Crippen LogP contribution in [0.15, 0.2) is 18.3 Å². The van der Waals surface area contributed by atoms with E-state index < -0.39 is 0 Å². The molecule has 0 spiro atoms. The zero-order chi connectivity index (χ0) is 15.4. The van der Waals surface area contributed by atoms with E-state index in [-0.39, 0.29) is 5.92 Å². The molecule has 2 N–H and O–H groups in total. The standard InChI is InChI=1S/C16H22N4O/c1-5-12-14(7-6-11(4)19-12)21-15-9-18-16(10(2)3)20-13(15)8-17/h6-7,9-10H,5,8,17H2,1-4H3. The van der Waals surface area contributed by atoms with Crippen molar-refractivity contribution >= 4 is 0 Å². The molecule has 0 aliphatic rings. The SMILES string of the molecule is CCc1nc(C)ccc1Oc1cnc(C(C)C)nc1CN. The minimum atomic E-state index is 0.261. The maximum absolute atomic E-state index is 5.94. The second kappa shape index (κ2) is 6.63. The summed E-state index contributed by atoms with van der Waals surface area (Å²) >= 11 is 0. The van der Waals surface area contributed by atoms with E-state index in [1.807, 2.05) is 19.1 Å². The van der Waals surface area contributed by atoms with Crippen LogP contribution >= 0.6 is 0 Å². The van der Waals surface area contributed by atoms with Crippen molar-refractivity contribution in [1.82, 2.24) is 15.0 Å². The third-order valence-electron chi connectivity index (χ3n) is 3.18. The first-order valence-corrected chi connectivity index (χ1v) is 7.25. The topological polar surface area (TPSA) is 73.9 Å². The summed E-state index contributed by atoms with van der Waals surface area (Å²) in [6, 6.07) is 3.86. The summed E-state index contributed by atoms with van der Waals surface area (Å²) < 4.78 is 5.94. The van der Waals surface area contributed by atoms with Gasteiger partial charge in [0.25, 0.3) is 0 Å². The van der Waals surface area contributed by atoms with Gasteiger partial charge in [-0.25, -0.2) is 9.97 Å². The van der Waals surface area contributed by atoms with Gasteiger partial charge in [-0.05, 0) is 25.5 Å². The van der Waals surface area contributed by atoms with E-state index in [9.17, 15) is 0 Å². The van der Waals surface area contributed by atoms with Crippen molar-refractivity contribution in [3.05, 3.63) is 41.2 Å². The van der Waals surface area contributed by atoms with Crippen LogP contribution < -0.4 is 10.5 Å². The third kappa shape index (κ3) is 3.55. The molecule has 112 valence electrons. The van der Waals surface area contributed by atoms with Crippen LogP contribution in [0, 0.1) is 6.92 Å². The first-order chi connectivity index (χ1) is 10.0. The fourth-order valence-electron chi connectivity index (χ4n) is 1.99. The molecule has 21 heavy (non-hydrogen) atoms. The Balaban J connectivity index is 2.35. The lowest BCUT2D eigenvalue weighted by molar-refractivity contribution is 0.458. The van der Waals surface area contributed by atoms with Gasteiger partial charge >= 0.3 is 0 Å². The Morgan fingerprint density at radius 3 is 2.52 bits per heavy atom. The lowest BCUT2D eigenvalue weighted by Crippen LogP contribution is -2.08. The smallest absolute Gasteiger partial charge is 0.168 e. The summed E-state index contributed by atoms with van der Waals surface area (Å²) in [6.07, 6.45) is 2.50. The minimum absolute atomic E-state index is 0.261. The van der Waals surface area contributed by atoms with Gasteiger partial charge in [0.2, 0.25) is 0 Å². The number of ether oxygens (including phenoxy) is 1. The van der Waals surface area contributed by atoms with Crippen molar-refractivity contribution in [2.24, 2.45) is 5.73 Å². The van der Waals surface area contributed by atoms with Gasteiger partial charge < -0.3 is 10.5 Å². The van der Waals surface area contributed by atoms with E-state index >= 15 is 0 Å². The lowest BCUT2D eigenvalue weighted by atomic mass is 10.2. The molecule has 2 heterocycles. The number of aromatic nitrogens is 3. The van der Waals surface area contributed by atoms with Crippen LogP contribution in [-0.4, -0.2) is 15.0 Å². The van der Waals surface area contributed by atoms with Crippen LogP contribution in [0.3, 0.4) is 0 Å². The van der Waals surface area contributed by atoms with Crippen LogP contribution in [0.5, 0.6) is 11.5 Å². The summed E-state index contributed by atoms with van der Waals surface area (Å²) in [5.74, 6) is 2.37.